The molecule has 1 heterocycles. The zero-order chi connectivity index (χ0) is 12.4. The molecule has 1 aliphatic carbocycles. The van der Waals surface area contributed by atoms with E-state index < -0.39 is 12.1 Å². The molecule has 1 aliphatic heterocycles. The number of methoxy groups -OCH3 is 1. The number of β-amino-alcohol motifs (C(OH)–C–C–N with tert-alkyl or cyclic N) is 1. The standard InChI is InChI=1S/C12H21NO4/c1-17-12(16)10-6-8(14)7-13(10)9-4-2-3-5-11(9)15/h8-11,14-15H,2-7H2,1H3. The first-order valence-electron chi connectivity index (χ1n) is 6.33. The molecule has 1 saturated heterocycles. The van der Waals surface area contributed by atoms with Gasteiger partial charge in [-0.2, -0.15) is 0 Å². The minimum Gasteiger partial charge on any atom is -0.468 e. The molecule has 4 atom stereocenters. The number of esters is 1. The Morgan fingerprint density at radius 2 is 2.00 bits per heavy atom. The highest BCUT2D eigenvalue weighted by Crippen LogP contribution is 2.30. The van der Waals surface area contributed by atoms with Crippen LogP contribution < -0.4 is 0 Å². The van der Waals surface area contributed by atoms with Gasteiger partial charge in [0.05, 0.1) is 19.3 Å². The van der Waals surface area contributed by atoms with Gasteiger partial charge in [-0.05, 0) is 12.8 Å². The molecular formula is C12H21NO4. The Labute approximate surface area is 101 Å². The minimum atomic E-state index is -0.492. The molecular weight excluding hydrogens is 222 g/mol. The summed E-state index contributed by atoms with van der Waals surface area (Å²) >= 11 is 0. The summed E-state index contributed by atoms with van der Waals surface area (Å²) in [4.78, 5) is 13.6. The van der Waals surface area contributed by atoms with Crippen molar-refractivity contribution in [1.29, 1.82) is 0 Å². The van der Waals surface area contributed by atoms with Crippen LogP contribution in [0.5, 0.6) is 0 Å². The summed E-state index contributed by atoms with van der Waals surface area (Å²) in [6, 6.07) is -0.405. The number of aliphatic hydroxyl groups is 2. The summed E-state index contributed by atoms with van der Waals surface area (Å²) in [5, 5.41) is 19.7. The van der Waals surface area contributed by atoms with Crippen LogP contribution in [0.2, 0.25) is 0 Å². The van der Waals surface area contributed by atoms with Crippen molar-refractivity contribution in [3.05, 3.63) is 0 Å². The Morgan fingerprint density at radius 1 is 1.29 bits per heavy atom. The lowest BCUT2D eigenvalue weighted by molar-refractivity contribution is -0.147. The van der Waals surface area contributed by atoms with Crippen LogP contribution in [-0.4, -0.2) is 59.0 Å². The maximum absolute atomic E-state index is 11.7. The molecule has 2 fully saturated rings. The minimum absolute atomic E-state index is 0.00926. The highest BCUT2D eigenvalue weighted by Gasteiger charge is 2.43. The summed E-state index contributed by atoms with van der Waals surface area (Å²) in [7, 11) is 1.36. The van der Waals surface area contributed by atoms with Gasteiger partial charge >= 0.3 is 5.97 Å². The van der Waals surface area contributed by atoms with E-state index in [0.717, 1.165) is 25.7 Å². The Hall–Kier alpha value is -0.650. The molecule has 5 heteroatoms. The van der Waals surface area contributed by atoms with E-state index in [1.165, 1.54) is 7.11 Å². The summed E-state index contributed by atoms with van der Waals surface area (Å²) in [5.74, 6) is -0.306. The molecule has 2 aliphatic rings. The maximum Gasteiger partial charge on any atom is 0.323 e. The molecule has 98 valence electrons. The molecule has 4 unspecified atom stereocenters. The fourth-order valence-corrected chi connectivity index (χ4v) is 3.05. The van der Waals surface area contributed by atoms with Gasteiger partial charge in [0, 0.05) is 19.0 Å². The molecule has 1 saturated carbocycles. The van der Waals surface area contributed by atoms with Gasteiger partial charge in [-0.15, -0.1) is 0 Å². The molecule has 0 aromatic rings. The average molecular weight is 243 g/mol. The number of ether oxygens (including phenoxy) is 1. The van der Waals surface area contributed by atoms with Crippen LogP contribution in [0.3, 0.4) is 0 Å². The summed E-state index contributed by atoms with van der Waals surface area (Å²) in [5.41, 5.74) is 0. The van der Waals surface area contributed by atoms with E-state index in [4.69, 9.17) is 4.74 Å². The summed E-state index contributed by atoms with van der Waals surface area (Å²) in [6.07, 6.45) is 3.32. The van der Waals surface area contributed by atoms with Crippen LogP contribution in [0.4, 0.5) is 0 Å². The zero-order valence-electron chi connectivity index (χ0n) is 10.2. The van der Waals surface area contributed by atoms with Gasteiger partial charge in [0.2, 0.25) is 0 Å². The van der Waals surface area contributed by atoms with Crippen molar-refractivity contribution in [3.63, 3.8) is 0 Å². The van der Waals surface area contributed by atoms with Crippen LogP contribution in [0.1, 0.15) is 32.1 Å². The summed E-state index contributed by atoms with van der Waals surface area (Å²) in [6.45, 7) is 0.460. The van der Waals surface area contributed by atoms with E-state index in [0.29, 0.717) is 13.0 Å². The smallest absolute Gasteiger partial charge is 0.323 e. The number of aliphatic hydroxyl groups excluding tert-OH is 2. The van der Waals surface area contributed by atoms with E-state index >= 15 is 0 Å². The van der Waals surface area contributed by atoms with Gasteiger partial charge in [0.1, 0.15) is 6.04 Å². The van der Waals surface area contributed by atoms with Crippen LogP contribution in [-0.2, 0) is 9.53 Å². The first-order valence-corrected chi connectivity index (χ1v) is 6.33. The molecule has 0 spiro atoms. The molecule has 2 rings (SSSR count). The lowest BCUT2D eigenvalue weighted by Gasteiger charge is -2.37. The van der Waals surface area contributed by atoms with Gasteiger partial charge in [0.15, 0.2) is 0 Å². The van der Waals surface area contributed by atoms with Crippen LogP contribution in [0.25, 0.3) is 0 Å². The van der Waals surface area contributed by atoms with Crippen molar-refractivity contribution >= 4 is 5.97 Å². The number of carbonyl (C=O) groups excluding carboxylic acids is 1. The molecule has 0 amide bonds. The number of likely N-dealkylation sites (tertiary alicyclic amines) is 1. The quantitative estimate of drug-likeness (QED) is 0.663. The fraction of sp³-hybridized carbons (Fsp3) is 0.917. The SMILES string of the molecule is COC(=O)C1CC(O)CN1C1CCCCC1O. The van der Waals surface area contributed by atoms with Gasteiger partial charge < -0.3 is 14.9 Å². The predicted molar refractivity (Wildman–Crippen MR) is 61.4 cm³/mol. The fourth-order valence-electron chi connectivity index (χ4n) is 3.05. The molecule has 0 radical (unpaired) electrons. The Balaban J connectivity index is 2.08. The molecule has 0 aromatic heterocycles. The van der Waals surface area contributed by atoms with Crippen LogP contribution >= 0.6 is 0 Å². The molecule has 17 heavy (non-hydrogen) atoms. The monoisotopic (exact) mass is 243 g/mol. The topological polar surface area (TPSA) is 70.0 Å². The van der Waals surface area contributed by atoms with Gasteiger partial charge in [-0.1, -0.05) is 12.8 Å². The average Bonchev–Trinajstić information content (AvgIpc) is 2.71. The van der Waals surface area contributed by atoms with Crippen molar-refractivity contribution < 1.29 is 19.7 Å². The van der Waals surface area contributed by atoms with Crippen molar-refractivity contribution in [2.75, 3.05) is 13.7 Å². The van der Waals surface area contributed by atoms with Gasteiger partial charge in [-0.25, -0.2) is 0 Å². The van der Waals surface area contributed by atoms with Gasteiger partial charge in [-0.3, -0.25) is 9.69 Å². The number of carbonyl (C=O) groups is 1. The molecule has 5 nitrogen and oxygen atoms in total. The summed E-state index contributed by atoms with van der Waals surface area (Å²) < 4.78 is 4.77. The van der Waals surface area contributed by atoms with E-state index in [1.54, 1.807) is 0 Å². The van der Waals surface area contributed by atoms with Crippen molar-refractivity contribution in [1.82, 2.24) is 4.90 Å². The highest BCUT2D eigenvalue weighted by atomic mass is 16.5. The van der Waals surface area contributed by atoms with Gasteiger partial charge in [0.25, 0.3) is 0 Å². The van der Waals surface area contributed by atoms with E-state index in [2.05, 4.69) is 0 Å². The third-order valence-corrected chi connectivity index (χ3v) is 3.91. The third-order valence-electron chi connectivity index (χ3n) is 3.91. The Bertz CT molecular complexity index is 284. The normalized spacial score (nSPS) is 39.2. The predicted octanol–water partition coefficient (Wildman–Crippen LogP) is -0.102. The zero-order valence-corrected chi connectivity index (χ0v) is 10.2. The van der Waals surface area contributed by atoms with Crippen LogP contribution in [0, 0.1) is 0 Å². The second-order valence-corrected chi connectivity index (χ2v) is 5.04. The second-order valence-electron chi connectivity index (χ2n) is 5.04. The first kappa shape index (κ1) is 12.8. The lowest BCUT2D eigenvalue weighted by atomic mass is 9.91. The highest BCUT2D eigenvalue weighted by molar-refractivity contribution is 5.76. The molecule has 0 aromatic carbocycles. The lowest BCUT2D eigenvalue weighted by Crippen LogP contribution is -2.50. The number of nitrogens with zero attached hydrogens (tertiary/aromatic N) is 1. The molecule has 0 bridgehead atoms. The number of hydrogen-bond acceptors (Lipinski definition) is 5. The Morgan fingerprint density at radius 3 is 2.65 bits per heavy atom. The van der Waals surface area contributed by atoms with Crippen molar-refractivity contribution in [3.8, 4) is 0 Å². The van der Waals surface area contributed by atoms with E-state index in [9.17, 15) is 15.0 Å². The maximum atomic E-state index is 11.7. The van der Waals surface area contributed by atoms with Crippen molar-refractivity contribution in [2.45, 2.75) is 56.4 Å². The third kappa shape index (κ3) is 2.61. The van der Waals surface area contributed by atoms with Crippen LogP contribution in [0.15, 0.2) is 0 Å². The van der Waals surface area contributed by atoms with E-state index in [1.807, 2.05) is 4.90 Å². The Kier molecular flexibility index (Phi) is 4.01. The van der Waals surface area contributed by atoms with E-state index in [-0.39, 0.29) is 18.1 Å². The molecule has 2 N–H and O–H groups in total. The second kappa shape index (κ2) is 5.33. The number of hydrogen-bond donors (Lipinski definition) is 2. The first-order chi connectivity index (χ1) is 8.13. The largest absolute Gasteiger partial charge is 0.468 e. The number of rotatable bonds is 2. The van der Waals surface area contributed by atoms with Crippen molar-refractivity contribution in [2.24, 2.45) is 0 Å².